The third-order valence-electron chi connectivity index (χ3n) is 4.23. The summed E-state index contributed by atoms with van der Waals surface area (Å²) in [6, 6.07) is 9.84. The number of hydrogen-bond donors (Lipinski definition) is 0. The number of benzene rings is 1. The third-order valence-corrected chi connectivity index (χ3v) is 5.01. The molecule has 4 rings (SSSR count). The van der Waals surface area contributed by atoms with Crippen molar-refractivity contribution in [1.29, 1.82) is 0 Å². The molecular formula is C16H20O7S. The first-order chi connectivity index (χ1) is 11.5. The van der Waals surface area contributed by atoms with Crippen LogP contribution in [0, 0.1) is 0 Å². The van der Waals surface area contributed by atoms with Crippen LogP contribution >= 0.6 is 0 Å². The zero-order valence-corrected chi connectivity index (χ0v) is 14.3. The van der Waals surface area contributed by atoms with Crippen LogP contribution in [0.1, 0.15) is 19.4 Å². The van der Waals surface area contributed by atoms with Gasteiger partial charge in [0.2, 0.25) is 5.79 Å². The molecule has 0 saturated carbocycles. The predicted molar refractivity (Wildman–Crippen MR) is 82.7 cm³/mol. The van der Waals surface area contributed by atoms with E-state index in [4.69, 9.17) is 27.3 Å². The van der Waals surface area contributed by atoms with Gasteiger partial charge in [0.1, 0.15) is 24.9 Å². The number of hydrogen-bond acceptors (Lipinski definition) is 7. The van der Waals surface area contributed by atoms with Crippen LogP contribution in [0.15, 0.2) is 30.3 Å². The van der Waals surface area contributed by atoms with Gasteiger partial charge in [0, 0.05) is 0 Å². The minimum Gasteiger partial charge on any atom is -0.371 e. The highest BCUT2D eigenvalue weighted by Crippen LogP contribution is 2.45. The third kappa shape index (κ3) is 3.03. The fraction of sp³-hybridized carbons (Fsp3) is 0.625. The van der Waals surface area contributed by atoms with Crippen LogP contribution in [0.4, 0.5) is 0 Å². The van der Waals surface area contributed by atoms with E-state index in [2.05, 4.69) is 0 Å². The van der Waals surface area contributed by atoms with E-state index in [1.807, 2.05) is 30.3 Å². The molecule has 0 spiro atoms. The normalized spacial score (nSPS) is 40.2. The maximum atomic E-state index is 11.5. The topological polar surface area (TPSA) is 72.5 Å². The quantitative estimate of drug-likeness (QED) is 0.808. The average Bonchev–Trinajstić information content (AvgIpc) is 3.04. The molecule has 0 radical (unpaired) electrons. The number of ether oxygens (including phenoxy) is 4. The molecular weight excluding hydrogens is 336 g/mol. The van der Waals surface area contributed by atoms with Crippen molar-refractivity contribution in [3.63, 3.8) is 0 Å². The van der Waals surface area contributed by atoms with Crippen LogP contribution in [0.5, 0.6) is 0 Å². The smallest absolute Gasteiger partial charge is 0.305 e. The monoisotopic (exact) mass is 356 g/mol. The Hall–Kier alpha value is -0.870. The van der Waals surface area contributed by atoms with E-state index in [1.165, 1.54) is 0 Å². The Balaban J connectivity index is 1.49. The summed E-state index contributed by atoms with van der Waals surface area (Å²) >= 11 is -1.79. The molecule has 3 heterocycles. The zero-order valence-electron chi connectivity index (χ0n) is 13.5. The molecule has 1 aromatic carbocycles. The number of fused-ring (bicyclic) bond motifs is 3. The summed E-state index contributed by atoms with van der Waals surface area (Å²) in [4.78, 5) is 0. The Bertz CT molecular complexity index is 622. The van der Waals surface area contributed by atoms with E-state index in [1.54, 1.807) is 13.8 Å². The molecule has 0 aliphatic carbocycles. The molecule has 0 N–H and O–H groups in total. The molecule has 8 heteroatoms. The van der Waals surface area contributed by atoms with Crippen molar-refractivity contribution >= 4 is 11.4 Å². The molecule has 24 heavy (non-hydrogen) atoms. The first kappa shape index (κ1) is 16.6. The molecule has 0 bridgehead atoms. The highest BCUT2D eigenvalue weighted by atomic mass is 32.2. The minimum absolute atomic E-state index is 0.176. The van der Waals surface area contributed by atoms with Crippen LogP contribution in [0.2, 0.25) is 0 Å². The second-order valence-corrected chi connectivity index (χ2v) is 7.33. The van der Waals surface area contributed by atoms with Crippen molar-refractivity contribution in [2.45, 2.75) is 50.3 Å². The Morgan fingerprint density at radius 3 is 2.83 bits per heavy atom. The fourth-order valence-electron chi connectivity index (χ4n) is 3.28. The summed E-state index contributed by atoms with van der Waals surface area (Å²) in [5.41, 5.74) is 1.05. The summed E-state index contributed by atoms with van der Waals surface area (Å²) in [5.74, 6) is -1.96. The Morgan fingerprint density at radius 2 is 2.04 bits per heavy atom. The predicted octanol–water partition coefficient (Wildman–Crippen LogP) is 1.44. The standard InChI is InChI=1S/C16H20O7S/c1-15(2)20-14-13-12(21-24(17)22-13)9-19-16(14,23-15)10-18-8-11-6-4-3-5-7-11/h3-7,12-14H,8-10H2,1-2H3/t12-,13-,14+,16+,24-/m1/s1. The summed E-state index contributed by atoms with van der Waals surface area (Å²) in [6.45, 7) is 4.42. The Kier molecular flexibility index (Phi) is 4.24. The lowest BCUT2D eigenvalue weighted by atomic mass is 9.97. The van der Waals surface area contributed by atoms with E-state index in [0.29, 0.717) is 6.61 Å². The van der Waals surface area contributed by atoms with Crippen molar-refractivity contribution in [2.75, 3.05) is 13.2 Å². The lowest BCUT2D eigenvalue weighted by molar-refractivity contribution is -0.300. The molecule has 5 atom stereocenters. The van der Waals surface area contributed by atoms with Gasteiger partial charge in [0.05, 0.1) is 13.2 Å². The molecule has 7 nitrogen and oxygen atoms in total. The van der Waals surface area contributed by atoms with Gasteiger partial charge < -0.3 is 18.9 Å². The van der Waals surface area contributed by atoms with E-state index >= 15 is 0 Å². The summed E-state index contributed by atoms with van der Waals surface area (Å²) < 4.78 is 45.8. The Morgan fingerprint density at radius 1 is 1.25 bits per heavy atom. The highest BCUT2D eigenvalue weighted by Gasteiger charge is 2.64. The van der Waals surface area contributed by atoms with Gasteiger partial charge in [-0.25, -0.2) is 0 Å². The molecule has 3 fully saturated rings. The summed E-state index contributed by atoms with van der Waals surface area (Å²) in [5, 5.41) is 0. The van der Waals surface area contributed by atoms with Crippen molar-refractivity contribution in [3.05, 3.63) is 35.9 Å². The van der Waals surface area contributed by atoms with Crippen LogP contribution in [-0.4, -0.2) is 47.3 Å². The summed E-state index contributed by atoms with van der Waals surface area (Å²) in [6.07, 6.45) is -1.52. The van der Waals surface area contributed by atoms with Gasteiger partial charge in [-0.15, -0.1) is 0 Å². The first-order valence-corrected chi connectivity index (χ1v) is 8.87. The highest BCUT2D eigenvalue weighted by molar-refractivity contribution is 7.75. The lowest BCUT2D eigenvalue weighted by Crippen LogP contribution is -2.60. The van der Waals surface area contributed by atoms with Crippen LogP contribution in [0.3, 0.4) is 0 Å². The van der Waals surface area contributed by atoms with Gasteiger partial charge in [-0.3, -0.25) is 8.37 Å². The maximum Gasteiger partial charge on any atom is 0.305 e. The van der Waals surface area contributed by atoms with E-state index in [-0.39, 0.29) is 13.2 Å². The van der Waals surface area contributed by atoms with Gasteiger partial charge in [-0.2, -0.15) is 4.21 Å². The van der Waals surface area contributed by atoms with E-state index in [0.717, 1.165) is 5.56 Å². The van der Waals surface area contributed by atoms with Gasteiger partial charge in [0.25, 0.3) is 0 Å². The van der Waals surface area contributed by atoms with Crippen LogP contribution in [0.25, 0.3) is 0 Å². The number of rotatable bonds is 4. The van der Waals surface area contributed by atoms with E-state index < -0.39 is 41.2 Å². The summed E-state index contributed by atoms with van der Waals surface area (Å²) in [7, 11) is 0. The largest absolute Gasteiger partial charge is 0.371 e. The zero-order chi connectivity index (χ0) is 16.8. The van der Waals surface area contributed by atoms with Crippen LogP contribution in [-0.2, 0) is 45.3 Å². The van der Waals surface area contributed by atoms with Gasteiger partial charge in [-0.05, 0) is 19.4 Å². The van der Waals surface area contributed by atoms with Crippen molar-refractivity contribution < 1.29 is 31.5 Å². The molecule has 0 unspecified atom stereocenters. The molecule has 3 aliphatic heterocycles. The first-order valence-electron chi connectivity index (χ1n) is 7.87. The lowest BCUT2D eigenvalue weighted by Gasteiger charge is -2.39. The molecule has 0 aromatic heterocycles. The maximum absolute atomic E-state index is 11.5. The second-order valence-electron chi connectivity index (χ2n) is 6.54. The van der Waals surface area contributed by atoms with Gasteiger partial charge >= 0.3 is 11.4 Å². The van der Waals surface area contributed by atoms with Gasteiger partial charge in [-0.1, -0.05) is 30.3 Å². The van der Waals surface area contributed by atoms with Crippen LogP contribution < -0.4 is 0 Å². The molecule has 132 valence electrons. The molecule has 3 saturated heterocycles. The second kappa shape index (κ2) is 6.14. The molecule has 1 aromatic rings. The van der Waals surface area contributed by atoms with Crippen molar-refractivity contribution in [2.24, 2.45) is 0 Å². The van der Waals surface area contributed by atoms with E-state index in [9.17, 15) is 4.21 Å². The SMILES string of the molecule is CC1(C)O[C@H]2[C@@H]3O[S@](=O)O[C@@H]3CO[C@@]2(COCc2ccccc2)O1. The fourth-order valence-corrected chi connectivity index (χ4v) is 4.10. The average molecular weight is 356 g/mol. The van der Waals surface area contributed by atoms with Gasteiger partial charge in [0.15, 0.2) is 5.79 Å². The minimum atomic E-state index is -1.79. The Labute approximate surface area is 143 Å². The van der Waals surface area contributed by atoms with Crippen molar-refractivity contribution in [1.82, 2.24) is 0 Å². The molecule has 0 amide bonds. The van der Waals surface area contributed by atoms with Crippen molar-refractivity contribution in [3.8, 4) is 0 Å². The molecule has 3 aliphatic rings.